The van der Waals surface area contributed by atoms with E-state index in [1.165, 1.54) is 17.5 Å². The highest BCUT2D eigenvalue weighted by molar-refractivity contribution is 5.98. The number of carbonyl (C=O) groups is 1. The Morgan fingerprint density at radius 2 is 1.90 bits per heavy atom. The zero-order chi connectivity index (χ0) is 21.1. The van der Waals surface area contributed by atoms with Gasteiger partial charge in [-0.2, -0.15) is 0 Å². The Morgan fingerprint density at radius 3 is 2.70 bits per heavy atom. The van der Waals surface area contributed by atoms with Crippen LogP contribution in [0.25, 0.3) is 10.9 Å². The van der Waals surface area contributed by atoms with Gasteiger partial charge in [0.15, 0.2) is 11.5 Å². The van der Waals surface area contributed by atoms with Crippen LogP contribution >= 0.6 is 0 Å². The minimum atomic E-state index is 0.112. The number of piperidine rings is 1. The summed E-state index contributed by atoms with van der Waals surface area (Å²) in [6, 6.07) is 14.6. The Kier molecular flexibility index (Phi) is 5.98. The third-order valence-corrected chi connectivity index (χ3v) is 6.11. The molecule has 0 radical (unpaired) electrons. The number of nitrogens with one attached hydrogen (secondary N) is 1. The molecule has 3 aromatic rings. The summed E-state index contributed by atoms with van der Waals surface area (Å²) in [5, 5.41) is 1.09. The van der Waals surface area contributed by atoms with Crippen LogP contribution in [0.3, 0.4) is 0 Å². The van der Waals surface area contributed by atoms with Crippen LogP contribution in [-0.4, -0.2) is 42.6 Å². The first-order valence-corrected chi connectivity index (χ1v) is 10.7. The standard InChI is InChI=1S/C25H30N2O3/c1-17-7-10-19-16-22(26-21(19)14-17)25(28)27-13-5-4-6-20(27)11-8-18-9-12-23(29-2)24(15-18)30-3/h7,9-10,12,14-16,20,26H,4-6,8,11,13H2,1-3H3. The molecule has 0 spiro atoms. The van der Waals surface area contributed by atoms with Crippen molar-refractivity contribution in [2.45, 2.75) is 45.1 Å². The SMILES string of the molecule is COc1ccc(CCC2CCCCN2C(=O)c2cc3ccc(C)cc3[nH]2)cc1OC. The fourth-order valence-corrected chi connectivity index (χ4v) is 4.45. The van der Waals surface area contributed by atoms with E-state index in [1.54, 1.807) is 14.2 Å². The van der Waals surface area contributed by atoms with Gasteiger partial charge in [-0.3, -0.25) is 4.79 Å². The van der Waals surface area contributed by atoms with Gasteiger partial charge in [-0.1, -0.05) is 18.2 Å². The monoisotopic (exact) mass is 406 g/mol. The quantitative estimate of drug-likeness (QED) is 0.618. The predicted octanol–water partition coefficient (Wildman–Crippen LogP) is 5.12. The molecule has 2 heterocycles. The van der Waals surface area contributed by atoms with Gasteiger partial charge in [0.05, 0.1) is 14.2 Å². The van der Waals surface area contributed by atoms with Gasteiger partial charge in [0, 0.05) is 23.5 Å². The number of hydrogen-bond donors (Lipinski definition) is 1. The summed E-state index contributed by atoms with van der Waals surface area (Å²) in [4.78, 5) is 18.7. The lowest BCUT2D eigenvalue weighted by atomic mass is 9.95. The van der Waals surface area contributed by atoms with Crippen LogP contribution in [0, 0.1) is 6.92 Å². The molecular formula is C25H30N2O3. The van der Waals surface area contributed by atoms with E-state index in [4.69, 9.17) is 9.47 Å². The number of nitrogens with zero attached hydrogens (tertiary/aromatic N) is 1. The molecule has 1 N–H and O–H groups in total. The second-order valence-electron chi connectivity index (χ2n) is 8.15. The number of likely N-dealkylation sites (tertiary alicyclic amines) is 1. The molecule has 1 aliphatic rings. The molecule has 5 heteroatoms. The molecule has 0 saturated carbocycles. The van der Waals surface area contributed by atoms with Crippen molar-refractivity contribution in [1.29, 1.82) is 0 Å². The summed E-state index contributed by atoms with van der Waals surface area (Å²) in [7, 11) is 3.30. The number of aryl methyl sites for hydroxylation is 2. The van der Waals surface area contributed by atoms with E-state index in [1.807, 2.05) is 18.2 Å². The third kappa shape index (κ3) is 4.16. The van der Waals surface area contributed by atoms with Gasteiger partial charge in [-0.05, 0) is 74.4 Å². The highest BCUT2D eigenvalue weighted by Crippen LogP contribution is 2.30. The zero-order valence-corrected chi connectivity index (χ0v) is 18.0. The number of rotatable bonds is 6. The molecule has 1 amide bonds. The number of amides is 1. The van der Waals surface area contributed by atoms with E-state index in [9.17, 15) is 4.79 Å². The Morgan fingerprint density at radius 1 is 1.07 bits per heavy atom. The molecule has 0 bridgehead atoms. The normalized spacial score (nSPS) is 16.6. The van der Waals surface area contributed by atoms with E-state index in [0.29, 0.717) is 5.69 Å². The fraction of sp³-hybridized carbons (Fsp3) is 0.400. The van der Waals surface area contributed by atoms with Crippen molar-refractivity contribution in [3.05, 3.63) is 59.3 Å². The lowest BCUT2D eigenvalue weighted by molar-refractivity contribution is 0.0597. The molecular weight excluding hydrogens is 376 g/mol. The summed E-state index contributed by atoms with van der Waals surface area (Å²) >= 11 is 0. The topological polar surface area (TPSA) is 54.6 Å². The maximum Gasteiger partial charge on any atom is 0.270 e. The molecule has 0 aliphatic carbocycles. The van der Waals surface area contributed by atoms with Crippen molar-refractivity contribution in [3.8, 4) is 11.5 Å². The van der Waals surface area contributed by atoms with E-state index in [-0.39, 0.29) is 11.9 Å². The maximum absolute atomic E-state index is 13.3. The lowest BCUT2D eigenvalue weighted by Gasteiger charge is -2.35. The first-order chi connectivity index (χ1) is 14.6. The predicted molar refractivity (Wildman–Crippen MR) is 120 cm³/mol. The Balaban J connectivity index is 1.49. The number of ether oxygens (including phenoxy) is 2. The summed E-state index contributed by atoms with van der Waals surface area (Å²) in [6.45, 7) is 2.89. The second-order valence-corrected chi connectivity index (χ2v) is 8.15. The lowest BCUT2D eigenvalue weighted by Crippen LogP contribution is -2.44. The van der Waals surface area contributed by atoms with Crippen LogP contribution in [0.15, 0.2) is 42.5 Å². The first-order valence-electron chi connectivity index (χ1n) is 10.7. The van der Waals surface area contributed by atoms with Crippen LogP contribution in [0.2, 0.25) is 0 Å². The molecule has 5 nitrogen and oxygen atoms in total. The minimum Gasteiger partial charge on any atom is -0.493 e. The van der Waals surface area contributed by atoms with Gasteiger partial charge < -0.3 is 19.4 Å². The van der Waals surface area contributed by atoms with Crippen LogP contribution in [0.1, 0.15) is 47.3 Å². The smallest absolute Gasteiger partial charge is 0.270 e. The summed E-state index contributed by atoms with van der Waals surface area (Å²) in [6.07, 6.45) is 5.14. The van der Waals surface area contributed by atoms with E-state index < -0.39 is 0 Å². The molecule has 30 heavy (non-hydrogen) atoms. The zero-order valence-electron chi connectivity index (χ0n) is 18.0. The molecule has 158 valence electrons. The number of H-pyrrole nitrogens is 1. The molecule has 1 saturated heterocycles. The van der Waals surface area contributed by atoms with Crippen molar-refractivity contribution in [2.24, 2.45) is 0 Å². The number of aromatic nitrogens is 1. The summed E-state index contributed by atoms with van der Waals surface area (Å²) < 4.78 is 10.8. The van der Waals surface area contributed by atoms with Crippen LogP contribution in [0.4, 0.5) is 0 Å². The van der Waals surface area contributed by atoms with Crippen LogP contribution < -0.4 is 9.47 Å². The van der Waals surface area contributed by atoms with Crippen molar-refractivity contribution < 1.29 is 14.3 Å². The number of benzene rings is 2. The van der Waals surface area contributed by atoms with Gasteiger partial charge in [0.25, 0.3) is 5.91 Å². The molecule has 1 fully saturated rings. The van der Waals surface area contributed by atoms with E-state index in [2.05, 4.69) is 41.1 Å². The summed E-state index contributed by atoms with van der Waals surface area (Å²) in [5.74, 6) is 1.60. The second kappa shape index (κ2) is 8.82. The molecule has 1 aromatic heterocycles. The number of fused-ring (bicyclic) bond motifs is 1. The van der Waals surface area contributed by atoms with E-state index in [0.717, 1.165) is 54.6 Å². The van der Waals surface area contributed by atoms with Gasteiger partial charge in [0.2, 0.25) is 0 Å². The Labute approximate surface area is 178 Å². The molecule has 4 rings (SSSR count). The largest absolute Gasteiger partial charge is 0.493 e. The van der Waals surface area contributed by atoms with Crippen LogP contribution in [0.5, 0.6) is 11.5 Å². The van der Waals surface area contributed by atoms with Gasteiger partial charge in [0.1, 0.15) is 5.69 Å². The number of hydrogen-bond acceptors (Lipinski definition) is 3. The number of carbonyl (C=O) groups excluding carboxylic acids is 1. The number of aromatic amines is 1. The van der Waals surface area contributed by atoms with Crippen molar-refractivity contribution in [3.63, 3.8) is 0 Å². The molecule has 1 unspecified atom stereocenters. The Bertz CT molecular complexity index is 1040. The fourth-order valence-electron chi connectivity index (χ4n) is 4.45. The average molecular weight is 407 g/mol. The minimum absolute atomic E-state index is 0.112. The van der Waals surface area contributed by atoms with Crippen molar-refractivity contribution in [1.82, 2.24) is 9.88 Å². The first kappa shape index (κ1) is 20.3. The van der Waals surface area contributed by atoms with Crippen molar-refractivity contribution >= 4 is 16.8 Å². The molecule has 1 atom stereocenters. The molecule has 1 aliphatic heterocycles. The average Bonchev–Trinajstić information content (AvgIpc) is 3.20. The molecule has 2 aromatic carbocycles. The van der Waals surface area contributed by atoms with Gasteiger partial charge in [-0.15, -0.1) is 0 Å². The Hall–Kier alpha value is -2.95. The van der Waals surface area contributed by atoms with Crippen molar-refractivity contribution in [2.75, 3.05) is 20.8 Å². The number of methoxy groups -OCH3 is 2. The van der Waals surface area contributed by atoms with Gasteiger partial charge >= 0.3 is 0 Å². The van der Waals surface area contributed by atoms with Gasteiger partial charge in [-0.25, -0.2) is 0 Å². The third-order valence-electron chi connectivity index (χ3n) is 6.11. The van der Waals surface area contributed by atoms with Crippen LogP contribution in [-0.2, 0) is 6.42 Å². The highest BCUT2D eigenvalue weighted by Gasteiger charge is 2.28. The summed E-state index contributed by atoms with van der Waals surface area (Å²) in [5.41, 5.74) is 4.10. The highest BCUT2D eigenvalue weighted by atomic mass is 16.5. The maximum atomic E-state index is 13.3. The van der Waals surface area contributed by atoms with E-state index >= 15 is 0 Å².